The first kappa shape index (κ1) is 16.6. The maximum absolute atomic E-state index is 12.4. The number of rotatable bonds is 3. The number of piperazine rings is 1. The second kappa shape index (κ2) is 7.17. The van der Waals surface area contributed by atoms with E-state index in [0.717, 1.165) is 44.1 Å². The second-order valence-electron chi connectivity index (χ2n) is 6.74. The van der Waals surface area contributed by atoms with E-state index in [1.165, 1.54) is 11.3 Å². The van der Waals surface area contributed by atoms with Crippen LogP contribution in [0.25, 0.3) is 5.65 Å². The van der Waals surface area contributed by atoms with Crippen LogP contribution in [0.4, 0.5) is 10.5 Å². The van der Waals surface area contributed by atoms with E-state index in [1.54, 1.807) is 0 Å². The normalized spacial score (nSPS) is 15.3. The van der Waals surface area contributed by atoms with Gasteiger partial charge in [-0.3, -0.25) is 4.90 Å². The summed E-state index contributed by atoms with van der Waals surface area (Å²) in [6.45, 7) is 6.07. The predicted molar refractivity (Wildman–Crippen MR) is 102 cm³/mol. The molecule has 0 spiro atoms. The van der Waals surface area contributed by atoms with E-state index in [9.17, 15) is 4.79 Å². The third kappa shape index (κ3) is 3.55. The minimum Gasteiger partial charge on any atom is -0.322 e. The number of imidazole rings is 1. The van der Waals surface area contributed by atoms with E-state index in [2.05, 4.69) is 19.6 Å². The monoisotopic (exact) mass is 349 g/mol. The molecule has 2 amide bonds. The van der Waals surface area contributed by atoms with Crippen LogP contribution in [0, 0.1) is 6.92 Å². The van der Waals surface area contributed by atoms with Crippen molar-refractivity contribution in [1.82, 2.24) is 19.2 Å². The highest BCUT2D eigenvalue weighted by atomic mass is 16.2. The fourth-order valence-electron chi connectivity index (χ4n) is 3.28. The maximum atomic E-state index is 12.4. The van der Waals surface area contributed by atoms with E-state index in [-0.39, 0.29) is 6.03 Å². The van der Waals surface area contributed by atoms with Crippen molar-refractivity contribution >= 4 is 17.4 Å². The van der Waals surface area contributed by atoms with Crippen molar-refractivity contribution in [1.29, 1.82) is 0 Å². The Morgan fingerprint density at radius 2 is 1.85 bits per heavy atom. The van der Waals surface area contributed by atoms with Crippen LogP contribution >= 0.6 is 0 Å². The van der Waals surface area contributed by atoms with Gasteiger partial charge in [-0.25, -0.2) is 9.78 Å². The first-order valence-electron chi connectivity index (χ1n) is 8.95. The molecule has 1 saturated heterocycles. The molecule has 0 radical (unpaired) electrons. The number of pyridine rings is 1. The number of carbonyl (C=O) groups is 1. The van der Waals surface area contributed by atoms with E-state index in [1.807, 2.05) is 66.7 Å². The molecule has 134 valence electrons. The lowest BCUT2D eigenvalue weighted by Gasteiger charge is -2.34. The van der Waals surface area contributed by atoms with E-state index < -0.39 is 0 Å². The Morgan fingerprint density at radius 3 is 2.62 bits per heavy atom. The summed E-state index contributed by atoms with van der Waals surface area (Å²) in [5, 5.41) is 2.98. The minimum atomic E-state index is -0.0247. The zero-order valence-electron chi connectivity index (χ0n) is 14.9. The molecule has 6 nitrogen and oxygen atoms in total. The average molecular weight is 349 g/mol. The Labute approximate surface area is 153 Å². The molecule has 6 heteroatoms. The largest absolute Gasteiger partial charge is 0.322 e. The highest BCUT2D eigenvalue weighted by Crippen LogP contribution is 2.13. The van der Waals surface area contributed by atoms with Gasteiger partial charge in [-0.15, -0.1) is 0 Å². The lowest BCUT2D eigenvalue weighted by Crippen LogP contribution is -2.49. The average Bonchev–Trinajstić information content (AvgIpc) is 3.07. The second-order valence-corrected chi connectivity index (χ2v) is 6.74. The molecule has 0 atom stereocenters. The first-order chi connectivity index (χ1) is 12.7. The van der Waals surface area contributed by atoms with Crippen LogP contribution in [0.15, 0.2) is 54.9 Å². The van der Waals surface area contributed by atoms with Gasteiger partial charge in [0.2, 0.25) is 0 Å². The number of hydrogen-bond acceptors (Lipinski definition) is 3. The van der Waals surface area contributed by atoms with Crippen LogP contribution in [0.5, 0.6) is 0 Å². The van der Waals surface area contributed by atoms with E-state index in [4.69, 9.17) is 0 Å². The van der Waals surface area contributed by atoms with Crippen LogP contribution in [0.1, 0.15) is 11.3 Å². The number of aryl methyl sites for hydroxylation is 1. The zero-order chi connectivity index (χ0) is 17.9. The van der Waals surface area contributed by atoms with Crippen LogP contribution < -0.4 is 5.32 Å². The molecule has 3 heterocycles. The summed E-state index contributed by atoms with van der Waals surface area (Å²) < 4.78 is 2.12. The molecular weight excluding hydrogens is 326 g/mol. The lowest BCUT2D eigenvalue weighted by atomic mass is 10.2. The lowest BCUT2D eigenvalue weighted by molar-refractivity contribution is 0.142. The van der Waals surface area contributed by atoms with Crippen molar-refractivity contribution in [2.75, 3.05) is 31.5 Å². The van der Waals surface area contributed by atoms with Crippen molar-refractivity contribution in [3.8, 4) is 0 Å². The Kier molecular flexibility index (Phi) is 4.58. The van der Waals surface area contributed by atoms with Crippen molar-refractivity contribution in [2.24, 2.45) is 0 Å². The summed E-state index contributed by atoms with van der Waals surface area (Å²) in [4.78, 5) is 21.1. The number of anilines is 1. The van der Waals surface area contributed by atoms with E-state index >= 15 is 0 Å². The molecule has 2 aromatic heterocycles. The molecule has 0 aliphatic carbocycles. The molecule has 1 aromatic carbocycles. The minimum absolute atomic E-state index is 0.0247. The van der Waals surface area contributed by atoms with Gasteiger partial charge in [0, 0.05) is 44.6 Å². The molecule has 1 aliphatic heterocycles. The summed E-state index contributed by atoms with van der Waals surface area (Å²) >= 11 is 0. The summed E-state index contributed by atoms with van der Waals surface area (Å²) in [6.07, 6.45) is 3.98. The summed E-state index contributed by atoms with van der Waals surface area (Å²) in [7, 11) is 0. The highest BCUT2D eigenvalue weighted by Gasteiger charge is 2.21. The van der Waals surface area contributed by atoms with Crippen LogP contribution in [-0.4, -0.2) is 51.4 Å². The Bertz CT molecular complexity index is 894. The fourth-order valence-corrected chi connectivity index (χ4v) is 3.28. The van der Waals surface area contributed by atoms with Gasteiger partial charge in [-0.2, -0.15) is 0 Å². The maximum Gasteiger partial charge on any atom is 0.321 e. The Hall–Kier alpha value is -2.86. The number of benzene rings is 1. The first-order valence-corrected chi connectivity index (χ1v) is 8.95. The summed E-state index contributed by atoms with van der Waals surface area (Å²) in [6, 6.07) is 13.9. The molecule has 26 heavy (non-hydrogen) atoms. The molecule has 4 rings (SSSR count). The van der Waals surface area contributed by atoms with Crippen LogP contribution in [0.3, 0.4) is 0 Å². The molecule has 1 aliphatic rings. The molecule has 0 bridgehead atoms. The fraction of sp³-hybridized carbons (Fsp3) is 0.300. The third-order valence-corrected chi connectivity index (χ3v) is 4.84. The van der Waals surface area contributed by atoms with Gasteiger partial charge in [0.15, 0.2) is 0 Å². The molecule has 1 fully saturated rings. The van der Waals surface area contributed by atoms with Crippen molar-refractivity contribution in [3.63, 3.8) is 0 Å². The molecule has 3 aromatic rings. The van der Waals surface area contributed by atoms with E-state index in [0.29, 0.717) is 0 Å². The zero-order valence-corrected chi connectivity index (χ0v) is 14.9. The highest BCUT2D eigenvalue weighted by molar-refractivity contribution is 5.89. The quantitative estimate of drug-likeness (QED) is 0.791. The smallest absolute Gasteiger partial charge is 0.321 e. The topological polar surface area (TPSA) is 52.9 Å². The number of fused-ring (bicyclic) bond motifs is 1. The SMILES string of the molecule is Cc1ccc(NC(=O)N2CCN(Cc3cnc4ccccn34)CC2)cc1. The number of nitrogens with zero attached hydrogens (tertiary/aromatic N) is 4. The number of urea groups is 1. The molecular formula is C20H23N5O. The van der Waals surface area contributed by atoms with Gasteiger partial charge in [-0.1, -0.05) is 23.8 Å². The molecule has 0 saturated carbocycles. The standard InChI is InChI=1S/C20H23N5O/c1-16-5-7-17(8-6-16)22-20(26)24-12-10-23(11-13-24)15-18-14-21-19-4-2-3-9-25(18)19/h2-9,14H,10-13,15H2,1H3,(H,22,26). The van der Waals surface area contributed by atoms with Gasteiger partial charge in [-0.05, 0) is 31.2 Å². The molecule has 0 unspecified atom stereocenters. The third-order valence-electron chi connectivity index (χ3n) is 4.84. The van der Waals surface area contributed by atoms with Gasteiger partial charge >= 0.3 is 6.03 Å². The molecule has 1 N–H and O–H groups in total. The summed E-state index contributed by atoms with van der Waals surface area (Å²) in [5.41, 5.74) is 4.18. The number of carbonyl (C=O) groups excluding carboxylic acids is 1. The van der Waals surface area contributed by atoms with Gasteiger partial charge in [0.25, 0.3) is 0 Å². The number of aromatic nitrogens is 2. The van der Waals surface area contributed by atoms with Gasteiger partial charge < -0.3 is 14.6 Å². The van der Waals surface area contributed by atoms with Gasteiger partial charge in [0.05, 0.1) is 11.9 Å². The van der Waals surface area contributed by atoms with Crippen LogP contribution in [-0.2, 0) is 6.54 Å². The van der Waals surface area contributed by atoms with Crippen molar-refractivity contribution in [3.05, 3.63) is 66.1 Å². The Morgan fingerprint density at radius 1 is 1.08 bits per heavy atom. The summed E-state index contributed by atoms with van der Waals surface area (Å²) in [5.74, 6) is 0. The number of amides is 2. The number of nitrogens with one attached hydrogen (secondary N) is 1. The van der Waals surface area contributed by atoms with Crippen LogP contribution in [0.2, 0.25) is 0 Å². The van der Waals surface area contributed by atoms with Crippen molar-refractivity contribution in [2.45, 2.75) is 13.5 Å². The Balaban J connectivity index is 1.32. The van der Waals surface area contributed by atoms with Gasteiger partial charge in [0.1, 0.15) is 5.65 Å². The predicted octanol–water partition coefficient (Wildman–Crippen LogP) is 2.99. The van der Waals surface area contributed by atoms with Crippen molar-refractivity contribution < 1.29 is 4.79 Å². The number of hydrogen-bond donors (Lipinski definition) is 1.